The Balaban J connectivity index is 3.34. The number of halogens is 1. The van der Waals surface area contributed by atoms with Gasteiger partial charge in [-0.1, -0.05) is 0 Å². The van der Waals surface area contributed by atoms with E-state index in [0.29, 0.717) is 6.07 Å². The van der Waals surface area contributed by atoms with Crippen molar-refractivity contribution in [2.24, 2.45) is 5.14 Å². The molecule has 0 aliphatic heterocycles. The summed E-state index contributed by atoms with van der Waals surface area (Å²) in [6.45, 7) is 0. The summed E-state index contributed by atoms with van der Waals surface area (Å²) in [6, 6.07) is 2.24. The highest BCUT2D eigenvalue weighted by Crippen LogP contribution is 2.20. The maximum absolute atomic E-state index is 12.8. The van der Waals surface area contributed by atoms with Crippen molar-refractivity contribution >= 4 is 15.7 Å². The van der Waals surface area contributed by atoms with Gasteiger partial charge in [0.15, 0.2) is 0 Å². The van der Waals surface area contributed by atoms with Crippen molar-refractivity contribution in [1.29, 1.82) is 0 Å². The van der Waals surface area contributed by atoms with Crippen LogP contribution in [0, 0.1) is 11.0 Å². The molecule has 1 rings (SSSR count). The van der Waals surface area contributed by atoms with Gasteiger partial charge in [0.1, 0.15) is 5.82 Å². The van der Waals surface area contributed by atoms with Gasteiger partial charge in [-0.15, -0.1) is 0 Å². The highest BCUT2D eigenvalue weighted by Gasteiger charge is 2.11. The number of sulfonamides is 1. The zero-order chi connectivity index (χ0) is 10.9. The van der Waals surface area contributed by atoms with Crippen molar-refractivity contribution in [2.45, 2.75) is 4.90 Å². The van der Waals surface area contributed by atoms with Crippen LogP contribution in [0.3, 0.4) is 0 Å². The van der Waals surface area contributed by atoms with Crippen molar-refractivity contribution in [3.8, 4) is 0 Å². The first-order chi connectivity index (χ1) is 6.32. The third-order valence-electron chi connectivity index (χ3n) is 1.45. The second kappa shape index (κ2) is 3.50. The van der Waals surface area contributed by atoms with E-state index in [1.165, 1.54) is 0 Å². The maximum atomic E-state index is 12.8. The Hall–Kier alpha value is -1.22. The van der Waals surface area contributed by atoms with Crippen molar-refractivity contribution < 1.29 is 18.0 Å². The summed E-state index contributed by atoms with van der Waals surface area (Å²) in [4.78, 5) is -0.455. The fourth-order valence-electron chi connectivity index (χ4n) is 0.816. The summed E-state index contributed by atoms with van der Waals surface area (Å²) < 4.78 is 34.3. The molecule has 78 valence electrons. The van der Waals surface area contributed by atoms with Crippen LogP contribution in [0.25, 0.3) is 0 Å². The molecule has 0 aliphatic carbocycles. The van der Waals surface area contributed by atoms with Gasteiger partial charge in [0.05, 0.1) is 10.6 Å². The predicted octanol–water partition coefficient (Wildman–Crippen LogP) is 0.167. The Morgan fingerprint density at radius 2 is 2.07 bits per heavy atom. The number of nitrogens with zero attached hydrogens (tertiary/aromatic N) is 1. The number of hydrogen-bond acceptors (Lipinski definition) is 5. The van der Waals surface area contributed by atoms with Crippen LogP contribution in [0.4, 0.5) is 10.1 Å². The van der Waals surface area contributed by atoms with E-state index >= 15 is 0 Å². The molecule has 1 aromatic carbocycles. The molecule has 0 aliphatic rings. The van der Waals surface area contributed by atoms with Gasteiger partial charge in [-0.3, -0.25) is 5.21 Å². The molecule has 0 saturated carbocycles. The monoisotopic (exact) mass is 221 g/mol. The third kappa shape index (κ3) is 2.17. The topological polar surface area (TPSA) is 107 Å². The summed E-state index contributed by atoms with van der Waals surface area (Å²) in [5.74, 6) is -1.05. The number of hydrogen-bond donors (Lipinski definition) is 2. The lowest BCUT2D eigenvalue weighted by molar-refractivity contribution is 0.292. The van der Waals surface area contributed by atoms with Gasteiger partial charge in [-0.05, 0) is 18.2 Å². The smallest absolute Gasteiger partial charge is 0.238 e. The fraction of sp³-hybridized carbons (Fsp3) is 0. The molecule has 0 atom stereocenters. The summed E-state index contributed by atoms with van der Waals surface area (Å²) in [5, 5.41) is 22.7. The Kier molecular flexibility index (Phi) is 2.71. The molecule has 8 heteroatoms. The first kappa shape index (κ1) is 10.9. The largest absolute Gasteiger partial charge is 0.733 e. The molecule has 14 heavy (non-hydrogen) atoms. The van der Waals surface area contributed by atoms with E-state index in [0.717, 1.165) is 12.1 Å². The Morgan fingerprint density at radius 3 is 2.50 bits per heavy atom. The second-order valence-corrected chi connectivity index (χ2v) is 3.99. The molecule has 0 heterocycles. The highest BCUT2D eigenvalue weighted by atomic mass is 32.2. The molecule has 0 fully saturated rings. The van der Waals surface area contributed by atoms with Gasteiger partial charge < -0.3 is 10.4 Å². The highest BCUT2D eigenvalue weighted by molar-refractivity contribution is 7.89. The number of nitrogens with two attached hydrogens (primary N) is 1. The molecular weight excluding hydrogens is 215 g/mol. The van der Waals surface area contributed by atoms with Gasteiger partial charge >= 0.3 is 0 Å². The van der Waals surface area contributed by atoms with Gasteiger partial charge in [0.25, 0.3) is 0 Å². The lowest BCUT2D eigenvalue weighted by Crippen LogP contribution is -2.15. The lowest BCUT2D eigenvalue weighted by atomic mass is 10.3. The zero-order valence-corrected chi connectivity index (χ0v) is 7.53. The SMILES string of the molecule is NS(=O)(=O)c1ccc(F)c(N([O-])O)c1. The Bertz CT molecular complexity index is 445. The van der Waals surface area contributed by atoms with Crippen LogP contribution in [0.2, 0.25) is 0 Å². The molecule has 3 N–H and O–H groups in total. The normalized spacial score (nSPS) is 11.4. The van der Waals surface area contributed by atoms with E-state index in [1.807, 2.05) is 0 Å². The van der Waals surface area contributed by atoms with E-state index in [4.69, 9.17) is 10.3 Å². The minimum absolute atomic E-state index is 0.455. The van der Waals surface area contributed by atoms with E-state index in [1.54, 1.807) is 0 Å². The average molecular weight is 221 g/mol. The maximum Gasteiger partial charge on any atom is 0.238 e. The molecule has 0 amide bonds. The minimum atomic E-state index is -4.02. The quantitative estimate of drug-likeness (QED) is 0.692. The third-order valence-corrected chi connectivity index (χ3v) is 2.36. The van der Waals surface area contributed by atoms with Crippen LogP contribution in [0.1, 0.15) is 0 Å². The van der Waals surface area contributed by atoms with Crippen LogP contribution in [0.15, 0.2) is 23.1 Å². The van der Waals surface area contributed by atoms with E-state index in [2.05, 4.69) is 0 Å². The van der Waals surface area contributed by atoms with Crippen molar-refractivity contribution in [3.63, 3.8) is 0 Å². The van der Waals surface area contributed by atoms with E-state index in [-0.39, 0.29) is 0 Å². The number of rotatable bonds is 2. The van der Waals surface area contributed by atoms with Crippen LogP contribution >= 0.6 is 0 Å². The molecule has 0 aromatic heterocycles. The van der Waals surface area contributed by atoms with Crippen molar-refractivity contribution in [1.82, 2.24) is 0 Å². The summed E-state index contributed by atoms with van der Waals surface area (Å²) >= 11 is 0. The minimum Gasteiger partial charge on any atom is -0.733 e. The van der Waals surface area contributed by atoms with Crippen molar-refractivity contribution in [3.05, 3.63) is 29.2 Å². The van der Waals surface area contributed by atoms with Crippen LogP contribution < -0.4 is 10.4 Å². The van der Waals surface area contributed by atoms with Gasteiger partial charge in [0.2, 0.25) is 10.0 Å². The van der Waals surface area contributed by atoms with E-state index in [9.17, 15) is 18.0 Å². The zero-order valence-electron chi connectivity index (χ0n) is 6.71. The van der Waals surface area contributed by atoms with Gasteiger partial charge in [-0.2, -0.15) is 0 Å². The van der Waals surface area contributed by atoms with Crippen LogP contribution in [0.5, 0.6) is 0 Å². The molecule has 0 unspecified atom stereocenters. The Morgan fingerprint density at radius 1 is 1.50 bits per heavy atom. The molecule has 6 nitrogen and oxygen atoms in total. The molecular formula is C6H6FN2O4S-. The average Bonchev–Trinajstić information content (AvgIpc) is 2.02. The molecule has 0 saturated heterocycles. The molecule has 0 radical (unpaired) electrons. The lowest BCUT2D eigenvalue weighted by Gasteiger charge is -2.22. The van der Waals surface area contributed by atoms with Gasteiger partial charge in [0, 0.05) is 0 Å². The summed E-state index contributed by atoms with van der Waals surface area (Å²) in [6.07, 6.45) is 0. The number of benzene rings is 1. The van der Waals surface area contributed by atoms with Crippen LogP contribution in [-0.2, 0) is 10.0 Å². The fourth-order valence-corrected chi connectivity index (χ4v) is 1.35. The summed E-state index contributed by atoms with van der Waals surface area (Å²) in [5.41, 5.74) is -0.809. The van der Waals surface area contributed by atoms with Gasteiger partial charge in [-0.25, -0.2) is 17.9 Å². The first-order valence-corrected chi connectivity index (χ1v) is 4.85. The predicted molar refractivity (Wildman–Crippen MR) is 45.4 cm³/mol. The van der Waals surface area contributed by atoms with Crippen LogP contribution in [-0.4, -0.2) is 13.6 Å². The summed E-state index contributed by atoms with van der Waals surface area (Å²) in [7, 11) is -4.02. The number of anilines is 1. The molecule has 0 spiro atoms. The number of primary sulfonamides is 1. The van der Waals surface area contributed by atoms with Crippen molar-refractivity contribution in [2.75, 3.05) is 5.23 Å². The Labute approximate surface area is 79.0 Å². The molecule has 0 bridgehead atoms. The molecule has 1 aromatic rings. The standard InChI is InChI=1S/C6H6FN2O4S/c7-5-2-1-4(14(8,12)13)3-6(5)9(10)11/h1-3,10H,(H2,8,12,13)/q-1. The van der Waals surface area contributed by atoms with E-state index < -0.39 is 31.6 Å². The first-order valence-electron chi connectivity index (χ1n) is 3.31. The second-order valence-electron chi connectivity index (χ2n) is 2.43.